The number of hydrogen-bond acceptors (Lipinski definition) is 4. The Kier molecular flexibility index (Phi) is 4.99. The van der Waals surface area contributed by atoms with Crippen LogP contribution in [-0.2, 0) is 6.54 Å². The fourth-order valence-electron chi connectivity index (χ4n) is 2.88. The molecule has 0 amide bonds. The molecule has 0 radical (unpaired) electrons. The summed E-state index contributed by atoms with van der Waals surface area (Å²) in [6, 6.07) is 8.68. The maximum absolute atomic E-state index is 9.14. The molecule has 1 fully saturated rings. The molecule has 0 saturated carbocycles. The summed E-state index contributed by atoms with van der Waals surface area (Å²) in [5.74, 6) is 0.653. The zero-order valence-electron chi connectivity index (χ0n) is 12.6. The molecule has 2 rings (SSSR count). The van der Waals surface area contributed by atoms with Crippen molar-refractivity contribution in [1.82, 2.24) is 9.80 Å². The number of hydrogen-bond donors (Lipinski definition) is 0. The summed E-state index contributed by atoms with van der Waals surface area (Å²) in [5.41, 5.74) is 1.80. The van der Waals surface area contributed by atoms with E-state index < -0.39 is 0 Å². The number of nitriles is 1. The van der Waals surface area contributed by atoms with Crippen LogP contribution >= 0.6 is 0 Å². The van der Waals surface area contributed by atoms with Gasteiger partial charge in [-0.15, -0.1) is 0 Å². The number of methoxy groups -OCH3 is 1. The lowest BCUT2D eigenvalue weighted by Gasteiger charge is -2.39. The van der Waals surface area contributed by atoms with E-state index in [9.17, 15) is 0 Å². The first-order valence-corrected chi connectivity index (χ1v) is 7.21. The molecule has 0 aromatic heterocycles. The predicted molar refractivity (Wildman–Crippen MR) is 79.7 cm³/mol. The van der Waals surface area contributed by atoms with Gasteiger partial charge in [-0.2, -0.15) is 5.26 Å². The quantitative estimate of drug-likeness (QED) is 0.842. The lowest BCUT2D eigenvalue weighted by Crippen LogP contribution is -2.51. The Morgan fingerprint density at radius 3 is 2.80 bits per heavy atom. The number of piperazine rings is 1. The Balaban J connectivity index is 2.02. The minimum absolute atomic E-state index is 0.599. The summed E-state index contributed by atoms with van der Waals surface area (Å²) in [7, 11) is 1.60. The Labute approximate surface area is 121 Å². The molecule has 1 aromatic carbocycles. The van der Waals surface area contributed by atoms with Crippen LogP contribution in [-0.4, -0.2) is 49.1 Å². The second kappa shape index (κ2) is 6.74. The Morgan fingerprint density at radius 1 is 1.40 bits per heavy atom. The van der Waals surface area contributed by atoms with E-state index in [1.54, 1.807) is 7.11 Å². The van der Waals surface area contributed by atoms with Crippen LogP contribution in [0, 0.1) is 11.3 Å². The van der Waals surface area contributed by atoms with Crippen LogP contribution < -0.4 is 4.74 Å². The van der Waals surface area contributed by atoms with Crippen molar-refractivity contribution in [2.45, 2.75) is 26.4 Å². The minimum atomic E-state index is 0.599. The summed E-state index contributed by atoms with van der Waals surface area (Å²) in [4.78, 5) is 4.96. The highest BCUT2D eigenvalue weighted by molar-refractivity contribution is 5.45. The lowest BCUT2D eigenvalue weighted by molar-refractivity contribution is 0.0834. The third-order valence-corrected chi connectivity index (χ3v) is 4.05. The first-order valence-electron chi connectivity index (χ1n) is 7.21. The number of ether oxygens (including phenoxy) is 1. The van der Waals surface area contributed by atoms with Crippen LogP contribution in [0.1, 0.15) is 25.0 Å². The van der Waals surface area contributed by atoms with E-state index in [-0.39, 0.29) is 0 Å². The summed E-state index contributed by atoms with van der Waals surface area (Å²) in [6.07, 6.45) is 0. The van der Waals surface area contributed by atoms with E-state index in [0.29, 0.717) is 17.4 Å². The maximum Gasteiger partial charge on any atom is 0.136 e. The molecule has 1 unspecified atom stereocenters. The van der Waals surface area contributed by atoms with Crippen LogP contribution in [0.3, 0.4) is 0 Å². The van der Waals surface area contributed by atoms with Gasteiger partial charge in [0, 0.05) is 32.2 Å². The van der Waals surface area contributed by atoms with Gasteiger partial charge < -0.3 is 4.74 Å². The first kappa shape index (κ1) is 14.8. The Morgan fingerprint density at radius 2 is 2.20 bits per heavy atom. The van der Waals surface area contributed by atoms with E-state index in [1.807, 2.05) is 12.1 Å². The first-order chi connectivity index (χ1) is 9.67. The van der Waals surface area contributed by atoms with E-state index in [0.717, 1.165) is 32.7 Å². The van der Waals surface area contributed by atoms with Crippen LogP contribution in [0.2, 0.25) is 0 Å². The fourth-order valence-corrected chi connectivity index (χ4v) is 2.88. The van der Waals surface area contributed by atoms with Crippen molar-refractivity contribution in [2.75, 3.05) is 33.3 Å². The number of nitrogens with zero attached hydrogens (tertiary/aromatic N) is 3. The summed E-state index contributed by atoms with van der Waals surface area (Å²) in [6.45, 7) is 9.82. The molecular formula is C16H23N3O. The molecule has 0 aliphatic carbocycles. The topological polar surface area (TPSA) is 39.5 Å². The highest BCUT2D eigenvalue weighted by atomic mass is 16.5. The molecule has 1 aliphatic heterocycles. The van der Waals surface area contributed by atoms with Gasteiger partial charge in [-0.3, -0.25) is 9.80 Å². The monoisotopic (exact) mass is 273 g/mol. The maximum atomic E-state index is 9.14. The molecule has 1 aliphatic rings. The number of benzene rings is 1. The Bertz CT molecular complexity index is 495. The van der Waals surface area contributed by atoms with Crippen molar-refractivity contribution in [1.29, 1.82) is 5.26 Å². The highest BCUT2D eigenvalue weighted by Gasteiger charge is 2.22. The summed E-state index contributed by atoms with van der Waals surface area (Å²) < 4.78 is 5.18. The van der Waals surface area contributed by atoms with E-state index in [1.165, 1.54) is 5.56 Å². The average Bonchev–Trinajstić information content (AvgIpc) is 2.47. The fraction of sp³-hybridized carbons (Fsp3) is 0.562. The SMILES string of the molecule is CCN1CCN(Cc2ccc(OC)c(C#N)c2)CC1C. The molecule has 1 heterocycles. The molecule has 1 atom stereocenters. The Hall–Kier alpha value is -1.57. The number of likely N-dealkylation sites (N-methyl/N-ethyl adjacent to an activating group) is 1. The van der Waals surface area contributed by atoms with Gasteiger partial charge in [-0.1, -0.05) is 13.0 Å². The van der Waals surface area contributed by atoms with Gasteiger partial charge in [0.05, 0.1) is 12.7 Å². The van der Waals surface area contributed by atoms with Crippen molar-refractivity contribution < 1.29 is 4.74 Å². The van der Waals surface area contributed by atoms with Crippen LogP contribution in [0.15, 0.2) is 18.2 Å². The third kappa shape index (κ3) is 3.30. The lowest BCUT2D eigenvalue weighted by atomic mass is 10.1. The predicted octanol–water partition coefficient (Wildman–Crippen LogP) is 2.09. The molecule has 0 bridgehead atoms. The van der Waals surface area contributed by atoms with Gasteiger partial charge in [0.1, 0.15) is 11.8 Å². The zero-order chi connectivity index (χ0) is 14.5. The molecule has 4 nitrogen and oxygen atoms in total. The third-order valence-electron chi connectivity index (χ3n) is 4.05. The van der Waals surface area contributed by atoms with Crippen LogP contribution in [0.5, 0.6) is 5.75 Å². The van der Waals surface area contributed by atoms with Crippen LogP contribution in [0.4, 0.5) is 0 Å². The van der Waals surface area contributed by atoms with Crippen molar-refractivity contribution >= 4 is 0 Å². The largest absolute Gasteiger partial charge is 0.495 e. The van der Waals surface area contributed by atoms with E-state index in [4.69, 9.17) is 10.00 Å². The smallest absolute Gasteiger partial charge is 0.136 e. The molecule has 108 valence electrons. The van der Waals surface area contributed by atoms with Crippen molar-refractivity contribution in [3.8, 4) is 11.8 Å². The molecule has 4 heteroatoms. The second-order valence-electron chi connectivity index (χ2n) is 5.36. The van der Waals surface area contributed by atoms with E-state index in [2.05, 4.69) is 35.8 Å². The summed E-state index contributed by atoms with van der Waals surface area (Å²) >= 11 is 0. The zero-order valence-corrected chi connectivity index (χ0v) is 12.6. The van der Waals surface area contributed by atoms with Crippen molar-refractivity contribution in [3.63, 3.8) is 0 Å². The van der Waals surface area contributed by atoms with Gasteiger partial charge in [-0.05, 0) is 31.2 Å². The standard InChI is InChI=1S/C16H23N3O/c1-4-19-8-7-18(11-13(19)2)12-14-5-6-16(20-3)15(9-14)10-17/h5-6,9,13H,4,7-8,11-12H2,1-3H3. The number of rotatable bonds is 4. The second-order valence-corrected chi connectivity index (χ2v) is 5.36. The summed E-state index contributed by atoms with van der Waals surface area (Å²) in [5, 5.41) is 9.14. The molecule has 1 aromatic rings. The molecule has 1 saturated heterocycles. The normalized spacial score (nSPS) is 20.6. The van der Waals surface area contributed by atoms with E-state index >= 15 is 0 Å². The van der Waals surface area contributed by atoms with Gasteiger partial charge in [-0.25, -0.2) is 0 Å². The van der Waals surface area contributed by atoms with Gasteiger partial charge in [0.25, 0.3) is 0 Å². The van der Waals surface area contributed by atoms with Crippen molar-refractivity contribution in [2.24, 2.45) is 0 Å². The molecule has 0 N–H and O–H groups in total. The molecular weight excluding hydrogens is 250 g/mol. The van der Waals surface area contributed by atoms with Crippen LogP contribution in [0.25, 0.3) is 0 Å². The highest BCUT2D eigenvalue weighted by Crippen LogP contribution is 2.20. The average molecular weight is 273 g/mol. The van der Waals surface area contributed by atoms with Gasteiger partial charge >= 0.3 is 0 Å². The minimum Gasteiger partial charge on any atom is -0.495 e. The van der Waals surface area contributed by atoms with Gasteiger partial charge in [0.15, 0.2) is 0 Å². The van der Waals surface area contributed by atoms with Gasteiger partial charge in [0.2, 0.25) is 0 Å². The molecule has 0 spiro atoms. The van der Waals surface area contributed by atoms with Crippen molar-refractivity contribution in [3.05, 3.63) is 29.3 Å². The molecule has 20 heavy (non-hydrogen) atoms.